The van der Waals surface area contributed by atoms with E-state index in [2.05, 4.69) is 25.1 Å². The normalized spacial score (nSPS) is 11.6. The number of ether oxygens (including phenoxy) is 1. The van der Waals surface area contributed by atoms with Crippen molar-refractivity contribution in [3.05, 3.63) is 72.3 Å². The zero-order valence-electron chi connectivity index (χ0n) is 14.8. The van der Waals surface area contributed by atoms with E-state index < -0.39 is 12.3 Å². The van der Waals surface area contributed by atoms with E-state index in [0.717, 1.165) is 5.56 Å². The lowest BCUT2D eigenvalue weighted by Gasteiger charge is -2.08. The number of alkyl halides is 3. The van der Waals surface area contributed by atoms with Crippen LogP contribution in [0.25, 0.3) is 10.9 Å². The van der Waals surface area contributed by atoms with Crippen LogP contribution in [0.5, 0.6) is 5.75 Å². The maximum atomic E-state index is 12.5. The molecule has 29 heavy (non-hydrogen) atoms. The second kappa shape index (κ2) is 7.30. The molecule has 0 saturated carbocycles. The first-order valence-corrected chi connectivity index (χ1v) is 8.48. The minimum absolute atomic E-state index is 0.186. The third-order valence-electron chi connectivity index (χ3n) is 4.02. The smallest absolute Gasteiger partial charge is 0.406 e. The molecular weight excluding hydrogens is 387 g/mol. The molecule has 148 valence electrons. The molecule has 1 amide bonds. The number of nitrogens with zero attached hydrogens (tertiary/aromatic N) is 3. The lowest BCUT2D eigenvalue weighted by atomic mass is 10.2. The second-order valence-electron chi connectivity index (χ2n) is 6.19. The molecule has 4 rings (SSSR count). The van der Waals surface area contributed by atoms with E-state index in [0.29, 0.717) is 23.3 Å². The van der Waals surface area contributed by atoms with E-state index in [-0.39, 0.29) is 11.4 Å². The van der Waals surface area contributed by atoms with Gasteiger partial charge in [0.15, 0.2) is 5.82 Å². The summed E-state index contributed by atoms with van der Waals surface area (Å²) < 4.78 is 42.6. The van der Waals surface area contributed by atoms with Crippen LogP contribution in [0.4, 0.5) is 19.0 Å². The molecule has 0 spiro atoms. The standard InChI is InChI=1S/C19H14F3N5O2/c20-19(21,22)29-14-4-3-13-8-16(24-15(13)9-14)18(28)25-17-5-7-27(26-17)11-12-2-1-6-23-10-12/h1-10,24H,11H2,(H,25,26,28). The zero-order chi connectivity index (χ0) is 20.4. The quantitative estimate of drug-likeness (QED) is 0.530. The number of halogens is 3. The number of H-pyrrole nitrogens is 1. The molecular formula is C19H14F3N5O2. The van der Waals surface area contributed by atoms with Gasteiger partial charge in [-0.1, -0.05) is 6.07 Å². The summed E-state index contributed by atoms with van der Waals surface area (Å²) in [5.41, 5.74) is 1.49. The molecule has 0 aliphatic rings. The van der Waals surface area contributed by atoms with Crippen LogP contribution in [0, 0.1) is 0 Å². The Morgan fingerprint density at radius 2 is 2.07 bits per heavy atom. The largest absolute Gasteiger partial charge is 0.573 e. The molecule has 10 heteroatoms. The van der Waals surface area contributed by atoms with Crippen molar-refractivity contribution in [2.75, 3.05) is 5.32 Å². The number of carbonyl (C=O) groups is 1. The maximum Gasteiger partial charge on any atom is 0.573 e. The maximum absolute atomic E-state index is 12.5. The van der Waals surface area contributed by atoms with Crippen LogP contribution in [-0.4, -0.2) is 32.0 Å². The molecule has 0 radical (unpaired) electrons. The summed E-state index contributed by atoms with van der Waals surface area (Å²) in [5, 5.41) is 7.50. The number of hydrogen-bond donors (Lipinski definition) is 2. The van der Waals surface area contributed by atoms with Gasteiger partial charge in [0.25, 0.3) is 5.91 Å². The Labute approximate surface area is 162 Å². The third kappa shape index (κ3) is 4.54. The highest BCUT2D eigenvalue weighted by Crippen LogP contribution is 2.27. The summed E-state index contributed by atoms with van der Waals surface area (Å²) >= 11 is 0. The molecule has 0 fully saturated rings. The number of amides is 1. The van der Waals surface area contributed by atoms with Gasteiger partial charge in [-0.05, 0) is 29.8 Å². The average molecular weight is 401 g/mol. The van der Waals surface area contributed by atoms with Gasteiger partial charge < -0.3 is 15.0 Å². The predicted octanol–water partition coefficient (Wildman–Crippen LogP) is 3.96. The number of nitrogens with one attached hydrogen (secondary N) is 2. The molecule has 7 nitrogen and oxygen atoms in total. The third-order valence-corrected chi connectivity index (χ3v) is 4.02. The topological polar surface area (TPSA) is 84.8 Å². The van der Waals surface area contributed by atoms with Gasteiger partial charge in [0.05, 0.1) is 6.54 Å². The Bertz CT molecular complexity index is 1150. The van der Waals surface area contributed by atoms with Crippen LogP contribution in [0.2, 0.25) is 0 Å². The highest BCUT2D eigenvalue weighted by Gasteiger charge is 2.31. The summed E-state index contributed by atoms with van der Waals surface area (Å²) in [6.45, 7) is 0.498. The summed E-state index contributed by atoms with van der Waals surface area (Å²) in [7, 11) is 0. The van der Waals surface area contributed by atoms with Gasteiger partial charge in [0.2, 0.25) is 0 Å². The lowest BCUT2D eigenvalue weighted by molar-refractivity contribution is -0.274. The van der Waals surface area contributed by atoms with E-state index in [1.807, 2.05) is 12.1 Å². The van der Waals surface area contributed by atoms with E-state index in [1.165, 1.54) is 24.3 Å². The van der Waals surface area contributed by atoms with Crippen molar-refractivity contribution in [2.45, 2.75) is 12.9 Å². The first-order chi connectivity index (χ1) is 13.9. The monoisotopic (exact) mass is 401 g/mol. The number of pyridine rings is 1. The summed E-state index contributed by atoms with van der Waals surface area (Å²) in [6.07, 6.45) is 0.335. The van der Waals surface area contributed by atoms with Crippen LogP contribution in [0.1, 0.15) is 16.1 Å². The van der Waals surface area contributed by atoms with Crippen molar-refractivity contribution in [3.63, 3.8) is 0 Å². The van der Waals surface area contributed by atoms with E-state index in [9.17, 15) is 18.0 Å². The number of rotatable bonds is 5. The summed E-state index contributed by atoms with van der Waals surface area (Å²) in [5.74, 6) is -0.488. The Morgan fingerprint density at radius 1 is 1.21 bits per heavy atom. The van der Waals surface area contributed by atoms with Gasteiger partial charge in [0.1, 0.15) is 11.4 Å². The van der Waals surface area contributed by atoms with Crippen LogP contribution in [0.3, 0.4) is 0 Å². The molecule has 0 atom stereocenters. The number of benzene rings is 1. The molecule has 4 aromatic rings. The van der Waals surface area contributed by atoms with Crippen LogP contribution < -0.4 is 10.1 Å². The van der Waals surface area contributed by atoms with Gasteiger partial charge >= 0.3 is 6.36 Å². The fourth-order valence-corrected chi connectivity index (χ4v) is 2.80. The van der Waals surface area contributed by atoms with Gasteiger partial charge in [0, 0.05) is 41.6 Å². The van der Waals surface area contributed by atoms with Crippen molar-refractivity contribution in [2.24, 2.45) is 0 Å². The van der Waals surface area contributed by atoms with Gasteiger partial charge in [-0.25, -0.2) is 0 Å². The lowest BCUT2D eigenvalue weighted by Crippen LogP contribution is -2.16. The number of anilines is 1. The Hall–Kier alpha value is -3.82. The number of fused-ring (bicyclic) bond motifs is 1. The van der Waals surface area contributed by atoms with Crippen molar-refractivity contribution in [1.29, 1.82) is 0 Å². The molecule has 0 bridgehead atoms. The Kier molecular flexibility index (Phi) is 4.67. The minimum Gasteiger partial charge on any atom is -0.406 e. The molecule has 0 aliphatic carbocycles. The average Bonchev–Trinajstić information content (AvgIpc) is 3.27. The zero-order valence-corrected chi connectivity index (χ0v) is 14.8. The van der Waals surface area contributed by atoms with Crippen molar-refractivity contribution in [3.8, 4) is 5.75 Å². The Balaban J connectivity index is 1.46. The Morgan fingerprint density at radius 3 is 2.83 bits per heavy atom. The second-order valence-corrected chi connectivity index (χ2v) is 6.19. The minimum atomic E-state index is -4.78. The fraction of sp³-hybridized carbons (Fsp3) is 0.105. The first-order valence-electron chi connectivity index (χ1n) is 8.48. The molecule has 0 saturated heterocycles. The van der Waals surface area contributed by atoms with Crippen LogP contribution >= 0.6 is 0 Å². The molecule has 0 aliphatic heterocycles. The molecule has 3 aromatic heterocycles. The molecule has 2 N–H and O–H groups in total. The first kappa shape index (κ1) is 18.5. The molecule has 3 heterocycles. The number of aromatic nitrogens is 4. The van der Waals surface area contributed by atoms with Crippen molar-refractivity contribution >= 4 is 22.6 Å². The van der Waals surface area contributed by atoms with Crippen molar-refractivity contribution < 1.29 is 22.7 Å². The highest BCUT2D eigenvalue weighted by molar-refractivity contribution is 6.05. The van der Waals surface area contributed by atoms with Gasteiger partial charge in [-0.2, -0.15) is 5.10 Å². The highest BCUT2D eigenvalue weighted by atomic mass is 19.4. The van der Waals surface area contributed by atoms with Gasteiger partial charge in [-0.3, -0.25) is 14.5 Å². The summed E-state index contributed by atoms with van der Waals surface area (Å²) in [6, 6.07) is 10.7. The number of aromatic amines is 1. The van der Waals surface area contributed by atoms with E-state index >= 15 is 0 Å². The summed E-state index contributed by atoms with van der Waals surface area (Å²) in [4.78, 5) is 19.3. The number of carbonyl (C=O) groups excluding carboxylic acids is 1. The molecule has 0 unspecified atom stereocenters. The van der Waals surface area contributed by atoms with Crippen molar-refractivity contribution in [1.82, 2.24) is 19.7 Å². The predicted molar refractivity (Wildman–Crippen MR) is 98.5 cm³/mol. The SMILES string of the molecule is O=C(Nc1ccn(Cc2cccnc2)n1)c1cc2ccc(OC(F)(F)F)cc2[nH]1. The number of hydrogen-bond acceptors (Lipinski definition) is 4. The van der Waals surface area contributed by atoms with E-state index in [4.69, 9.17) is 0 Å². The van der Waals surface area contributed by atoms with Crippen LogP contribution in [0.15, 0.2) is 61.1 Å². The van der Waals surface area contributed by atoms with E-state index in [1.54, 1.807) is 29.3 Å². The van der Waals surface area contributed by atoms with Crippen LogP contribution in [-0.2, 0) is 6.54 Å². The molecule has 1 aromatic carbocycles. The fourth-order valence-electron chi connectivity index (χ4n) is 2.80. The van der Waals surface area contributed by atoms with Gasteiger partial charge in [-0.15, -0.1) is 13.2 Å².